The van der Waals surface area contributed by atoms with Gasteiger partial charge in [-0.2, -0.15) is 0 Å². The first-order chi connectivity index (χ1) is 16.8. The van der Waals surface area contributed by atoms with E-state index in [4.69, 9.17) is 0 Å². The minimum Gasteiger partial charge on any atom is -0.506 e. The van der Waals surface area contributed by atoms with Crippen molar-refractivity contribution in [2.75, 3.05) is 20.1 Å². The first-order valence-electron chi connectivity index (χ1n) is 12.5. The third-order valence-corrected chi connectivity index (χ3v) is 8.22. The van der Waals surface area contributed by atoms with Crippen molar-refractivity contribution in [1.29, 1.82) is 0 Å². The molecule has 36 heavy (non-hydrogen) atoms. The van der Waals surface area contributed by atoms with Gasteiger partial charge in [-0.1, -0.05) is 19.4 Å². The number of carboxylic acids is 1. The lowest BCUT2D eigenvalue weighted by Crippen LogP contribution is -2.40. The molecule has 1 aromatic carbocycles. The lowest BCUT2D eigenvalue weighted by Gasteiger charge is -2.32. The largest absolute Gasteiger partial charge is 0.506 e. The van der Waals surface area contributed by atoms with Gasteiger partial charge in [0.05, 0.1) is 5.69 Å². The predicted octanol–water partition coefficient (Wildman–Crippen LogP) is 3.74. The Morgan fingerprint density at radius 2 is 2.00 bits per heavy atom. The standard InChI is InChI=1S/C27H34N4O4.ClH/c1-4-19-24(29-26(33)23(25(19)32)27(34)35)15-8-9-22-17(10-15)11-18(30(22)3)13-31-12-16-6-5-7-21(28-2)20(16)14-31;/h8-11,16,20-21,28H,4-7,12-14H2,1-3H3,(H,34,35)(H2,29,32,33);1H/t16-,20+,21-;/m1./s1. The van der Waals surface area contributed by atoms with E-state index < -0.39 is 22.8 Å². The molecule has 2 aliphatic rings. The van der Waals surface area contributed by atoms with Gasteiger partial charge in [-0.15, -0.1) is 12.4 Å². The van der Waals surface area contributed by atoms with Gasteiger partial charge < -0.3 is 25.1 Å². The zero-order chi connectivity index (χ0) is 24.9. The quantitative estimate of drug-likeness (QED) is 0.399. The Bertz CT molecular complexity index is 1350. The second kappa shape index (κ2) is 10.3. The number of pyridine rings is 1. The summed E-state index contributed by atoms with van der Waals surface area (Å²) in [5.41, 5.74) is 2.57. The highest BCUT2D eigenvalue weighted by molar-refractivity contribution is 5.92. The van der Waals surface area contributed by atoms with Crippen molar-refractivity contribution in [2.45, 2.75) is 45.2 Å². The van der Waals surface area contributed by atoms with Crippen molar-refractivity contribution in [1.82, 2.24) is 19.8 Å². The van der Waals surface area contributed by atoms with Crippen LogP contribution in [0.3, 0.4) is 0 Å². The first kappa shape index (κ1) is 26.3. The molecule has 4 N–H and O–H groups in total. The van der Waals surface area contributed by atoms with Gasteiger partial charge >= 0.3 is 5.97 Å². The van der Waals surface area contributed by atoms with Crippen molar-refractivity contribution < 1.29 is 15.0 Å². The lowest BCUT2D eigenvalue weighted by molar-refractivity contribution is 0.0691. The molecule has 0 spiro atoms. The second-order valence-electron chi connectivity index (χ2n) is 10.1. The van der Waals surface area contributed by atoms with Crippen molar-refractivity contribution in [2.24, 2.45) is 18.9 Å². The van der Waals surface area contributed by atoms with E-state index >= 15 is 0 Å². The molecule has 3 aromatic rings. The van der Waals surface area contributed by atoms with E-state index in [0.29, 0.717) is 23.7 Å². The van der Waals surface area contributed by atoms with Gasteiger partial charge in [-0.25, -0.2) is 4.79 Å². The molecule has 3 atom stereocenters. The normalized spacial score (nSPS) is 21.9. The fourth-order valence-electron chi connectivity index (χ4n) is 6.41. The Morgan fingerprint density at radius 3 is 2.69 bits per heavy atom. The average molecular weight is 515 g/mol. The highest BCUT2D eigenvalue weighted by atomic mass is 35.5. The summed E-state index contributed by atoms with van der Waals surface area (Å²) in [5, 5.41) is 24.4. The van der Waals surface area contributed by atoms with Gasteiger partial charge in [0.2, 0.25) is 0 Å². The maximum Gasteiger partial charge on any atom is 0.345 e. The second-order valence-corrected chi connectivity index (χ2v) is 10.1. The average Bonchev–Trinajstić information content (AvgIpc) is 3.38. The molecule has 8 nitrogen and oxygen atoms in total. The zero-order valence-corrected chi connectivity index (χ0v) is 21.8. The third-order valence-electron chi connectivity index (χ3n) is 8.22. The topological polar surface area (TPSA) is 111 Å². The summed E-state index contributed by atoms with van der Waals surface area (Å²) in [7, 11) is 4.17. The van der Waals surface area contributed by atoms with Crippen LogP contribution in [0.1, 0.15) is 47.8 Å². The number of fused-ring (bicyclic) bond motifs is 2. The molecular formula is C27H35ClN4O4. The van der Waals surface area contributed by atoms with Crippen molar-refractivity contribution in [3.05, 3.63) is 51.4 Å². The highest BCUT2D eigenvalue weighted by Crippen LogP contribution is 2.37. The number of hydrogen-bond acceptors (Lipinski definition) is 5. The number of carboxylic acid groups (broad SMARTS) is 1. The SMILES string of the molecule is CCc1c(-c2ccc3c(c2)cc(CN2C[C@H]4CCC[C@@H](NC)[C@H]4C2)n3C)[nH]c(=O)c(C(=O)O)c1O.Cl. The van der Waals surface area contributed by atoms with Gasteiger partial charge in [0.15, 0.2) is 5.56 Å². The summed E-state index contributed by atoms with van der Waals surface area (Å²) < 4.78 is 2.23. The molecule has 1 saturated heterocycles. The van der Waals surface area contributed by atoms with Crippen LogP contribution in [0.15, 0.2) is 29.1 Å². The summed E-state index contributed by atoms with van der Waals surface area (Å²) in [4.78, 5) is 29.1. The number of nitrogens with zero attached hydrogens (tertiary/aromatic N) is 2. The Kier molecular flexibility index (Phi) is 7.50. The minimum absolute atomic E-state index is 0. The van der Waals surface area contributed by atoms with Gasteiger partial charge in [0, 0.05) is 54.9 Å². The molecule has 0 unspecified atom stereocenters. The highest BCUT2D eigenvalue weighted by Gasteiger charge is 2.39. The summed E-state index contributed by atoms with van der Waals surface area (Å²) in [6, 6.07) is 8.76. The molecule has 1 aliphatic carbocycles. The maximum atomic E-state index is 12.4. The molecule has 2 fully saturated rings. The Morgan fingerprint density at radius 1 is 1.22 bits per heavy atom. The molecular weight excluding hydrogens is 480 g/mol. The van der Waals surface area contributed by atoms with Crippen LogP contribution >= 0.6 is 12.4 Å². The van der Waals surface area contributed by atoms with Crippen molar-refractivity contribution in [3.8, 4) is 17.0 Å². The number of rotatable bonds is 6. The number of benzene rings is 1. The molecule has 194 valence electrons. The molecule has 0 bridgehead atoms. The van der Waals surface area contributed by atoms with Crippen LogP contribution in [0.25, 0.3) is 22.2 Å². The first-order valence-corrected chi connectivity index (χ1v) is 12.5. The zero-order valence-electron chi connectivity index (χ0n) is 21.0. The molecule has 3 heterocycles. The van der Waals surface area contributed by atoms with Crippen LogP contribution in [0.2, 0.25) is 0 Å². The fourth-order valence-corrected chi connectivity index (χ4v) is 6.41. The van der Waals surface area contributed by atoms with E-state index in [1.54, 1.807) is 0 Å². The fraction of sp³-hybridized carbons (Fsp3) is 0.481. The van der Waals surface area contributed by atoms with Crippen LogP contribution in [-0.2, 0) is 20.0 Å². The number of aromatic hydroxyl groups is 1. The summed E-state index contributed by atoms with van der Waals surface area (Å²) in [6.45, 7) is 4.99. The van der Waals surface area contributed by atoms with E-state index in [2.05, 4.69) is 39.9 Å². The molecule has 9 heteroatoms. The molecule has 1 aliphatic heterocycles. The monoisotopic (exact) mass is 514 g/mol. The van der Waals surface area contributed by atoms with Gasteiger partial charge in [0.1, 0.15) is 5.75 Å². The van der Waals surface area contributed by atoms with Crippen LogP contribution < -0.4 is 10.9 Å². The Balaban J connectivity index is 0.00000304. The molecule has 1 saturated carbocycles. The van der Waals surface area contributed by atoms with Crippen LogP contribution in [0.5, 0.6) is 5.75 Å². The van der Waals surface area contributed by atoms with E-state index in [9.17, 15) is 19.8 Å². The van der Waals surface area contributed by atoms with Crippen molar-refractivity contribution in [3.63, 3.8) is 0 Å². The minimum atomic E-state index is -1.43. The van der Waals surface area contributed by atoms with E-state index in [1.165, 1.54) is 25.0 Å². The number of nitrogens with one attached hydrogen (secondary N) is 2. The summed E-state index contributed by atoms with van der Waals surface area (Å²) >= 11 is 0. The smallest absolute Gasteiger partial charge is 0.345 e. The number of H-pyrrole nitrogens is 1. The number of aromatic nitrogens is 2. The van der Waals surface area contributed by atoms with Gasteiger partial charge in [-0.05, 0) is 61.9 Å². The van der Waals surface area contributed by atoms with E-state index in [1.807, 2.05) is 25.1 Å². The molecule has 5 rings (SSSR count). The van der Waals surface area contributed by atoms with Crippen LogP contribution in [0.4, 0.5) is 0 Å². The number of likely N-dealkylation sites (tertiary alicyclic amines) is 1. The van der Waals surface area contributed by atoms with Gasteiger partial charge in [0.25, 0.3) is 5.56 Å². The number of hydrogen-bond donors (Lipinski definition) is 4. The number of aryl methyl sites for hydroxylation is 1. The summed E-state index contributed by atoms with van der Waals surface area (Å²) in [5.74, 6) is -0.395. The van der Waals surface area contributed by atoms with Crippen LogP contribution in [-0.4, -0.2) is 56.8 Å². The van der Waals surface area contributed by atoms with E-state index in [-0.39, 0.29) is 12.4 Å². The predicted molar refractivity (Wildman–Crippen MR) is 143 cm³/mol. The summed E-state index contributed by atoms with van der Waals surface area (Å²) in [6.07, 6.45) is 4.29. The number of aromatic amines is 1. The van der Waals surface area contributed by atoms with Gasteiger partial charge in [-0.3, -0.25) is 9.69 Å². The van der Waals surface area contributed by atoms with E-state index in [0.717, 1.165) is 47.9 Å². The number of halogens is 1. The number of aromatic carboxylic acids is 1. The Labute approximate surface area is 216 Å². The molecule has 0 radical (unpaired) electrons. The number of carbonyl (C=O) groups is 1. The lowest BCUT2D eigenvalue weighted by atomic mass is 9.78. The van der Waals surface area contributed by atoms with Crippen molar-refractivity contribution >= 4 is 29.3 Å². The molecule has 0 amide bonds. The Hall–Kier alpha value is -2.81. The molecule has 2 aromatic heterocycles. The maximum absolute atomic E-state index is 12.4. The van der Waals surface area contributed by atoms with Crippen LogP contribution in [0, 0.1) is 11.8 Å². The third kappa shape index (κ3) is 4.42.